The summed E-state index contributed by atoms with van der Waals surface area (Å²) in [6.07, 6.45) is 0. The van der Waals surface area contributed by atoms with Gasteiger partial charge in [-0.1, -0.05) is 22.9 Å². The third kappa shape index (κ3) is 4.60. The summed E-state index contributed by atoms with van der Waals surface area (Å²) < 4.78 is 8.13. The molecular weight excluding hydrogens is 390 g/mol. The first kappa shape index (κ1) is 15.0. The Bertz CT molecular complexity index is 542. The second-order valence-electron chi connectivity index (χ2n) is 4.03. The Kier molecular flexibility index (Phi) is 5.88. The SMILES string of the molecule is CCNCc1cc(Br)ccc1OCc1ccc(Br)s1. The molecule has 1 aromatic carbocycles. The van der Waals surface area contributed by atoms with E-state index in [1.54, 1.807) is 11.3 Å². The minimum Gasteiger partial charge on any atom is -0.488 e. The number of nitrogens with one attached hydrogen (secondary N) is 1. The maximum atomic E-state index is 5.92. The van der Waals surface area contributed by atoms with E-state index >= 15 is 0 Å². The maximum Gasteiger partial charge on any atom is 0.124 e. The first-order valence-electron chi connectivity index (χ1n) is 6.05. The van der Waals surface area contributed by atoms with Gasteiger partial charge in [0.05, 0.1) is 3.79 Å². The molecular formula is C14H15Br2NOS. The largest absolute Gasteiger partial charge is 0.488 e. The number of halogens is 2. The van der Waals surface area contributed by atoms with Gasteiger partial charge in [0.1, 0.15) is 12.4 Å². The van der Waals surface area contributed by atoms with E-state index in [0.29, 0.717) is 6.61 Å². The second kappa shape index (κ2) is 7.43. The van der Waals surface area contributed by atoms with Gasteiger partial charge in [-0.2, -0.15) is 0 Å². The molecule has 0 radical (unpaired) electrons. The van der Waals surface area contributed by atoms with Crippen LogP contribution >= 0.6 is 43.2 Å². The molecule has 1 aromatic heterocycles. The molecule has 102 valence electrons. The number of hydrogen-bond donors (Lipinski definition) is 1. The molecule has 0 saturated carbocycles. The van der Waals surface area contributed by atoms with E-state index in [4.69, 9.17) is 4.74 Å². The summed E-state index contributed by atoms with van der Waals surface area (Å²) in [6, 6.07) is 10.2. The maximum absolute atomic E-state index is 5.92. The predicted molar refractivity (Wildman–Crippen MR) is 87.9 cm³/mol. The minimum atomic E-state index is 0.608. The molecule has 0 atom stereocenters. The van der Waals surface area contributed by atoms with Crippen LogP contribution in [-0.4, -0.2) is 6.54 Å². The Balaban J connectivity index is 2.05. The second-order valence-corrected chi connectivity index (χ2v) is 7.49. The van der Waals surface area contributed by atoms with Crippen LogP contribution in [0.3, 0.4) is 0 Å². The third-order valence-electron chi connectivity index (χ3n) is 2.59. The summed E-state index contributed by atoms with van der Waals surface area (Å²) in [5, 5.41) is 3.33. The average Bonchev–Trinajstić information content (AvgIpc) is 2.81. The molecule has 1 N–H and O–H groups in total. The van der Waals surface area contributed by atoms with E-state index < -0.39 is 0 Å². The molecule has 0 fully saturated rings. The van der Waals surface area contributed by atoms with Crippen LogP contribution < -0.4 is 10.1 Å². The smallest absolute Gasteiger partial charge is 0.124 e. The van der Waals surface area contributed by atoms with Gasteiger partial charge in [0.15, 0.2) is 0 Å². The van der Waals surface area contributed by atoms with Crippen molar-refractivity contribution in [2.45, 2.75) is 20.1 Å². The van der Waals surface area contributed by atoms with Crippen LogP contribution in [0.25, 0.3) is 0 Å². The van der Waals surface area contributed by atoms with Gasteiger partial charge in [0, 0.05) is 21.5 Å². The lowest BCUT2D eigenvalue weighted by Crippen LogP contribution is -2.12. The highest BCUT2D eigenvalue weighted by Crippen LogP contribution is 2.26. The summed E-state index contributed by atoms with van der Waals surface area (Å²) in [5.41, 5.74) is 1.17. The lowest BCUT2D eigenvalue weighted by atomic mass is 10.2. The van der Waals surface area contributed by atoms with Crippen molar-refractivity contribution in [2.75, 3.05) is 6.54 Å². The number of hydrogen-bond acceptors (Lipinski definition) is 3. The van der Waals surface area contributed by atoms with Gasteiger partial charge in [-0.25, -0.2) is 0 Å². The van der Waals surface area contributed by atoms with Crippen LogP contribution in [0.15, 0.2) is 38.6 Å². The van der Waals surface area contributed by atoms with Crippen molar-refractivity contribution >= 4 is 43.2 Å². The summed E-state index contributed by atoms with van der Waals surface area (Å²) in [7, 11) is 0. The van der Waals surface area contributed by atoms with Crippen molar-refractivity contribution in [3.63, 3.8) is 0 Å². The van der Waals surface area contributed by atoms with E-state index in [1.165, 1.54) is 10.4 Å². The van der Waals surface area contributed by atoms with Gasteiger partial charge in [0.2, 0.25) is 0 Å². The fraction of sp³-hybridized carbons (Fsp3) is 0.286. The van der Waals surface area contributed by atoms with Crippen LogP contribution in [0.4, 0.5) is 0 Å². The van der Waals surface area contributed by atoms with Crippen molar-refractivity contribution in [3.8, 4) is 5.75 Å². The molecule has 2 nitrogen and oxygen atoms in total. The van der Waals surface area contributed by atoms with Gasteiger partial charge in [-0.05, 0) is 52.8 Å². The number of thiophene rings is 1. The first-order chi connectivity index (χ1) is 9.19. The molecule has 0 unspecified atom stereocenters. The third-order valence-corrected chi connectivity index (χ3v) is 4.68. The summed E-state index contributed by atoms with van der Waals surface area (Å²) in [4.78, 5) is 1.21. The molecule has 0 spiro atoms. The monoisotopic (exact) mass is 403 g/mol. The van der Waals surface area contributed by atoms with E-state index in [-0.39, 0.29) is 0 Å². The Morgan fingerprint density at radius 1 is 1.21 bits per heavy atom. The van der Waals surface area contributed by atoms with Crippen molar-refractivity contribution in [1.29, 1.82) is 0 Å². The number of ether oxygens (including phenoxy) is 1. The summed E-state index contributed by atoms with van der Waals surface area (Å²) in [5.74, 6) is 0.939. The quantitative estimate of drug-likeness (QED) is 0.734. The van der Waals surface area contributed by atoms with Crippen LogP contribution in [-0.2, 0) is 13.2 Å². The highest BCUT2D eigenvalue weighted by molar-refractivity contribution is 9.11. The molecule has 0 aliphatic rings. The molecule has 0 saturated heterocycles. The Labute approximate surface area is 134 Å². The fourth-order valence-electron chi connectivity index (χ4n) is 1.66. The van der Waals surface area contributed by atoms with Crippen molar-refractivity contribution in [1.82, 2.24) is 5.32 Å². The molecule has 2 rings (SSSR count). The minimum absolute atomic E-state index is 0.608. The Morgan fingerprint density at radius 2 is 2.05 bits per heavy atom. The van der Waals surface area contributed by atoms with Gasteiger partial charge in [0.25, 0.3) is 0 Å². The van der Waals surface area contributed by atoms with Crippen molar-refractivity contribution in [3.05, 3.63) is 49.0 Å². The Morgan fingerprint density at radius 3 is 2.74 bits per heavy atom. The zero-order valence-corrected chi connectivity index (χ0v) is 14.6. The zero-order chi connectivity index (χ0) is 13.7. The summed E-state index contributed by atoms with van der Waals surface area (Å²) >= 11 is 8.66. The zero-order valence-electron chi connectivity index (χ0n) is 10.6. The van der Waals surface area contributed by atoms with Crippen LogP contribution in [0.2, 0.25) is 0 Å². The van der Waals surface area contributed by atoms with Gasteiger partial charge < -0.3 is 10.1 Å². The van der Waals surface area contributed by atoms with Crippen LogP contribution in [0, 0.1) is 0 Å². The van der Waals surface area contributed by atoms with Gasteiger partial charge in [-0.3, -0.25) is 0 Å². The topological polar surface area (TPSA) is 21.3 Å². The molecule has 0 aliphatic heterocycles. The predicted octanol–water partition coefficient (Wildman–Crippen LogP) is 4.96. The molecule has 1 heterocycles. The normalized spacial score (nSPS) is 10.7. The molecule has 0 bridgehead atoms. The first-order valence-corrected chi connectivity index (χ1v) is 8.45. The van der Waals surface area contributed by atoms with E-state index in [0.717, 1.165) is 27.1 Å². The van der Waals surface area contributed by atoms with E-state index in [1.807, 2.05) is 18.2 Å². The van der Waals surface area contributed by atoms with E-state index in [2.05, 4.69) is 56.2 Å². The molecule has 0 aliphatic carbocycles. The molecule has 2 aromatic rings. The fourth-order valence-corrected chi connectivity index (χ4v) is 3.47. The lowest BCUT2D eigenvalue weighted by molar-refractivity contribution is 0.305. The highest BCUT2D eigenvalue weighted by Gasteiger charge is 2.06. The standard InChI is InChI=1S/C14H15Br2NOS/c1-2-17-8-10-7-11(15)3-5-13(10)18-9-12-4-6-14(16)19-12/h3-7,17H,2,8-9H2,1H3. The van der Waals surface area contributed by atoms with E-state index in [9.17, 15) is 0 Å². The van der Waals surface area contributed by atoms with Crippen LogP contribution in [0.1, 0.15) is 17.4 Å². The van der Waals surface area contributed by atoms with Crippen molar-refractivity contribution in [2.24, 2.45) is 0 Å². The number of rotatable bonds is 6. The molecule has 5 heteroatoms. The van der Waals surface area contributed by atoms with Crippen LogP contribution in [0.5, 0.6) is 5.75 Å². The van der Waals surface area contributed by atoms with Crippen molar-refractivity contribution < 1.29 is 4.74 Å². The van der Waals surface area contributed by atoms with Gasteiger partial charge >= 0.3 is 0 Å². The molecule has 0 amide bonds. The van der Waals surface area contributed by atoms with Gasteiger partial charge in [-0.15, -0.1) is 11.3 Å². The number of benzene rings is 1. The summed E-state index contributed by atoms with van der Waals surface area (Å²) in [6.45, 7) is 4.47. The average molecular weight is 405 g/mol. The lowest BCUT2D eigenvalue weighted by Gasteiger charge is -2.11. The molecule has 19 heavy (non-hydrogen) atoms. The Hall–Kier alpha value is -0.360. The highest BCUT2D eigenvalue weighted by atomic mass is 79.9.